The molecule has 0 fully saturated rings. The summed E-state index contributed by atoms with van der Waals surface area (Å²) in [5, 5.41) is 5.37. The molecular formula is C19H19FN2O3. The predicted octanol–water partition coefficient (Wildman–Crippen LogP) is 3.78. The molecule has 6 heteroatoms. The average molecular weight is 342 g/mol. The third-order valence-electron chi connectivity index (χ3n) is 3.46. The van der Waals surface area contributed by atoms with E-state index in [1.807, 2.05) is 0 Å². The Hall–Kier alpha value is -3.02. The summed E-state index contributed by atoms with van der Waals surface area (Å²) in [6, 6.07) is 12.1. The zero-order valence-electron chi connectivity index (χ0n) is 13.8. The maximum absolute atomic E-state index is 12.8. The van der Waals surface area contributed by atoms with Crippen LogP contribution >= 0.6 is 0 Å². The van der Waals surface area contributed by atoms with Gasteiger partial charge in [0, 0.05) is 36.7 Å². The second kappa shape index (κ2) is 8.73. The Bertz CT molecular complexity index is 755. The fraction of sp³-hybridized carbons (Fsp3) is 0.211. The molecule has 0 aromatic heterocycles. The first-order valence-corrected chi connectivity index (χ1v) is 7.90. The number of carbonyl (C=O) groups excluding carboxylic acids is 3. The van der Waals surface area contributed by atoms with Gasteiger partial charge in [-0.2, -0.15) is 0 Å². The summed E-state index contributed by atoms with van der Waals surface area (Å²) < 4.78 is 12.8. The molecule has 2 rings (SSSR count). The van der Waals surface area contributed by atoms with Crippen molar-refractivity contribution in [3.63, 3.8) is 0 Å². The van der Waals surface area contributed by atoms with Crippen LogP contribution in [-0.2, 0) is 9.59 Å². The number of ketones is 1. The van der Waals surface area contributed by atoms with Crippen molar-refractivity contribution in [2.24, 2.45) is 0 Å². The summed E-state index contributed by atoms with van der Waals surface area (Å²) in [7, 11) is 0. The summed E-state index contributed by atoms with van der Waals surface area (Å²) in [6.07, 6.45) is 0.840. The molecule has 0 aliphatic carbocycles. The van der Waals surface area contributed by atoms with Crippen molar-refractivity contribution in [3.05, 3.63) is 59.9 Å². The predicted molar refractivity (Wildman–Crippen MR) is 94.0 cm³/mol. The van der Waals surface area contributed by atoms with Crippen LogP contribution < -0.4 is 10.6 Å². The van der Waals surface area contributed by atoms with Crippen LogP contribution in [0.25, 0.3) is 0 Å². The maximum Gasteiger partial charge on any atom is 0.224 e. The first-order chi connectivity index (χ1) is 11.9. The minimum atomic E-state index is -0.388. The highest BCUT2D eigenvalue weighted by atomic mass is 19.1. The molecular weight excluding hydrogens is 323 g/mol. The monoisotopic (exact) mass is 342 g/mol. The number of amides is 2. The highest BCUT2D eigenvalue weighted by molar-refractivity contribution is 5.97. The third-order valence-corrected chi connectivity index (χ3v) is 3.46. The van der Waals surface area contributed by atoms with Crippen LogP contribution in [-0.4, -0.2) is 17.6 Å². The topological polar surface area (TPSA) is 75.3 Å². The van der Waals surface area contributed by atoms with Gasteiger partial charge in [-0.3, -0.25) is 14.4 Å². The molecule has 2 aromatic rings. The number of carbonyl (C=O) groups is 3. The lowest BCUT2D eigenvalue weighted by Crippen LogP contribution is -2.12. The second-order valence-corrected chi connectivity index (χ2v) is 5.59. The Kier molecular flexibility index (Phi) is 6.39. The molecule has 5 nitrogen and oxygen atoms in total. The normalized spacial score (nSPS) is 10.2. The summed E-state index contributed by atoms with van der Waals surface area (Å²) in [5.74, 6) is -0.866. The van der Waals surface area contributed by atoms with Gasteiger partial charge in [0.1, 0.15) is 5.82 Å². The molecule has 25 heavy (non-hydrogen) atoms. The zero-order chi connectivity index (χ0) is 18.2. The SMILES string of the molecule is CC(=O)Nc1ccc(NC(=O)CCCC(=O)c2ccc(F)cc2)cc1. The van der Waals surface area contributed by atoms with Crippen molar-refractivity contribution in [3.8, 4) is 0 Å². The Labute approximate surface area is 145 Å². The van der Waals surface area contributed by atoms with Crippen LogP contribution in [0.2, 0.25) is 0 Å². The van der Waals surface area contributed by atoms with Gasteiger partial charge in [-0.15, -0.1) is 0 Å². The smallest absolute Gasteiger partial charge is 0.224 e. The lowest BCUT2D eigenvalue weighted by Gasteiger charge is -2.07. The molecule has 0 bridgehead atoms. The second-order valence-electron chi connectivity index (χ2n) is 5.59. The van der Waals surface area contributed by atoms with E-state index in [0.717, 1.165) is 0 Å². The van der Waals surface area contributed by atoms with Crippen LogP contribution in [0.5, 0.6) is 0 Å². The van der Waals surface area contributed by atoms with Gasteiger partial charge >= 0.3 is 0 Å². The third kappa shape index (κ3) is 6.18. The van der Waals surface area contributed by atoms with Gasteiger partial charge in [-0.1, -0.05) is 0 Å². The van der Waals surface area contributed by atoms with E-state index in [1.54, 1.807) is 24.3 Å². The number of nitrogens with one attached hydrogen (secondary N) is 2. The number of halogens is 1. The molecule has 0 atom stereocenters. The Morgan fingerprint density at radius 1 is 0.840 bits per heavy atom. The van der Waals surface area contributed by atoms with Gasteiger partial charge in [0.2, 0.25) is 11.8 Å². The molecule has 2 amide bonds. The number of hydrogen-bond donors (Lipinski definition) is 2. The molecule has 0 unspecified atom stereocenters. The van der Waals surface area contributed by atoms with Crippen molar-refractivity contribution in [1.82, 2.24) is 0 Å². The summed E-state index contributed by atoms with van der Waals surface area (Å²) >= 11 is 0. The van der Waals surface area contributed by atoms with Crippen LogP contribution in [0.1, 0.15) is 36.5 Å². The minimum Gasteiger partial charge on any atom is -0.326 e. The van der Waals surface area contributed by atoms with E-state index in [1.165, 1.54) is 31.2 Å². The van der Waals surface area contributed by atoms with Gasteiger partial charge in [0.25, 0.3) is 0 Å². The minimum absolute atomic E-state index is 0.118. The molecule has 0 aliphatic rings. The molecule has 0 heterocycles. The fourth-order valence-corrected chi connectivity index (χ4v) is 2.25. The van der Waals surface area contributed by atoms with Gasteiger partial charge in [-0.05, 0) is 55.0 Å². The van der Waals surface area contributed by atoms with Crippen molar-refractivity contribution >= 4 is 29.0 Å². The molecule has 2 N–H and O–H groups in total. The van der Waals surface area contributed by atoms with E-state index in [9.17, 15) is 18.8 Å². The van der Waals surface area contributed by atoms with Crippen molar-refractivity contribution in [2.75, 3.05) is 10.6 Å². The average Bonchev–Trinajstić information content (AvgIpc) is 2.56. The maximum atomic E-state index is 12.8. The number of hydrogen-bond acceptors (Lipinski definition) is 3. The molecule has 0 radical (unpaired) electrons. The van der Waals surface area contributed by atoms with Crippen LogP contribution in [0.15, 0.2) is 48.5 Å². The summed E-state index contributed by atoms with van der Waals surface area (Å²) in [6.45, 7) is 1.42. The lowest BCUT2D eigenvalue weighted by atomic mass is 10.1. The van der Waals surface area contributed by atoms with E-state index in [4.69, 9.17) is 0 Å². The van der Waals surface area contributed by atoms with Gasteiger partial charge in [0.15, 0.2) is 5.78 Å². The number of benzene rings is 2. The first kappa shape index (κ1) is 18.3. The quantitative estimate of drug-likeness (QED) is 0.752. The van der Waals surface area contributed by atoms with E-state index in [-0.39, 0.29) is 36.3 Å². The molecule has 0 aliphatic heterocycles. The Morgan fingerprint density at radius 3 is 1.96 bits per heavy atom. The Balaban J connectivity index is 1.75. The lowest BCUT2D eigenvalue weighted by molar-refractivity contribution is -0.116. The van der Waals surface area contributed by atoms with E-state index < -0.39 is 0 Å². The summed E-state index contributed by atoms with van der Waals surface area (Å²) in [5.41, 5.74) is 1.70. The number of anilines is 2. The highest BCUT2D eigenvalue weighted by Gasteiger charge is 2.08. The van der Waals surface area contributed by atoms with Gasteiger partial charge in [-0.25, -0.2) is 4.39 Å². The largest absolute Gasteiger partial charge is 0.326 e. The zero-order valence-corrected chi connectivity index (χ0v) is 13.8. The van der Waals surface area contributed by atoms with Crippen molar-refractivity contribution in [1.29, 1.82) is 0 Å². The molecule has 2 aromatic carbocycles. The van der Waals surface area contributed by atoms with E-state index in [0.29, 0.717) is 23.4 Å². The van der Waals surface area contributed by atoms with Crippen molar-refractivity contribution < 1.29 is 18.8 Å². The van der Waals surface area contributed by atoms with Gasteiger partial charge in [0.05, 0.1) is 0 Å². The summed E-state index contributed by atoms with van der Waals surface area (Å²) in [4.78, 5) is 34.8. The fourth-order valence-electron chi connectivity index (χ4n) is 2.25. The van der Waals surface area contributed by atoms with E-state index >= 15 is 0 Å². The Morgan fingerprint density at radius 2 is 1.40 bits per heavy atom. The number of Topliss-reactive ketones (excluding diaryl/α,β-unsaturated/α-hetero) is 1. The van der Waals surface area contributed by atoms with E-state index in [2.05, 4.69) is 10.6 Å². The highest BCUT2D eigenvalue weighted by Crippen LogP contribution is 2.14. The van der Waals surface area contributed by atoms with Crippen molar-refractivity contribution in [2.45, 2.75) is 26.2 Å². The van der Waals surface area contributed by atoms with Crippen LogP contribution in [0, 0.1) is 5.82 Å². The molecule has 0 saturated carbocycles. The van der Waals surface area contributed by atoms with Gasteiger partial charge < -0.3 is 10.6 Å². The van der Waals surface area contributed by atoms with Crippen LogP contribution in [0.4, 0.5) is 15.8 Å². The molecule has 130 valence electrons. The standard InChI is InChI=1S/C19H19FN2O3/c1-13(23)21-16-9-11-17(12-10-16)22-19(25)4-2-3-18(24)14-5-7-15(20)8-6-14/h5-12H,2-4H2,1H3,(H,21,23)(H,22,25). The molecule has 0 saturated heterocycles. The molecule has 0 spiro atoms. The first-order valence-electron chi connectivity index (χ1n) is 7.90. The van der Waals surface area contributed by atoms with Crippen LogP contribution in [0.3, 0.4) is 0 Å². The number of rotatable bonds is 7.